The molecule has 11 heteroatoms. The summed E-state index contributed by atoms with van der Waals surface area (Å²) in [6, 6.07) is 7.03. The normalized spacial score (nSPS) is 16.5. The fraction of sp³-hybridized carbons (Fsp3) is 0.263. The summed E-state index contributed by atoms with van der Waals surface area (Å²) < 4.78 is 83.4. The van der Waals surface area contributed by atoms with Gasteiger partial charge >= 0.3 is 12.4 Å². The van der Waals surface area contributed by atoms with E-state index in [1.807, 2.05) is 5.32 Å². The summed E-state index contributed by atoms with van der Waals surface area (Å²) in [5.41, 5.74) is -3.42. The molecule has 1 aliphatic heterocycles. The smallest absolute Gasteiger partial charge is 0.416 e. The highest BCUT2D eigenvalue weighted by molar-refractivity contribution is 5.99. The van der Waals surface area contributed by atoms with E-state index in [1.165, 1.54) is 17.9 Å². The average molecular weight is 432 g/mol. The minimum absolute atomic E-state index is 0.0412. The van der Waals surface area contributed by atoms with Crippen LogP contribution in [-0.4, -0.2) is 24.5 Å². The molecule has 2 amide bonds. The number of alkyl halides is 6. The SMILES string of the molecule is CC(=O)N1C[C@H](C(=O)Nc2cc(C(F)(F)F)cc(C(F)(F)F)c2)Oc2ccccc21. The third kappa shape index (κ3) is 4.50. The average Bonchev–Trinajstić information content (AvgIpc) is 2.65. The fourth-order valence-electron chi connectivity index (χ4n) is 2.92. The molecule has 0 saturated heterocycles. The van der Waals surface area contributed by atoms with Crippen molar-refractivity contribution in [2.45, 2.75) is 25.4 Å². The third-order valence-electron chi connectivity index (χ3n) is 4.30. The van der Waals surface area contributed by atoms with Crippen molar-refractivity contribution < 1.29 is 40.7 Å². The summed E-state index contributed by atoms with van der Waals surface area (Å²) in [5.74, 6) is -1.23. The number of benzene rings is 2. The predicted molar refractivity (Wildman–Crippen MR) is 94.0 cm³/mol. The molecule has 0 bridgehead atoms. The Bertz CT molecular complexity index is 955. The number of para-hydroxylation sites is 2. The van der Waals surface area contributed by atoms with Gasteiger partial charge in [0.15, 0.2) is 6.10 Å². The summed E-state index contributed by atoms with van der Waals surface area (Å²) in [4.78, 5) is 25.7. The van der Waals surface area contributed by atoms with Gasteiger partial charge in [-0.1, -0.05) is 12.1 Å². The Kier molecular flexibility index (Phi) is 5.40. The molecule has 0 saturated carbocycles. The second-order valence-electron chi connectivity index (χ2n) is 6.49. The lowest BCUT2D eigenvalue weighted by Crippen LogP contribution is -2.48. The molecule has 0 radical (unpaired) electrons. The van der Waals surface area contributed by atoms with E-state index >= 15 is 0 Å². The van der Waals surface area contributed by atoms with Crippen LogP contribution < -0.4 is 15.0 Å². The monoisotopic (exact) mass is 432 g/mol. The molecule has 3 rings (SSSR count). The first-order chi connectivity index (χ1) is 13.9. The zero-order chi connectivity index (χ0) is 22.3. The molecule has 0 aromatic heterocycles. The highest BCUT2D eigenvalue weighted by atomic mass is 19.4. The van der Waals surface area contributed by atoms with Gasteiger partial charge in [-0.2, -0.15) is 26.3 Å². The Morgan fingerprint density at radius 3 is 2.10 bits per heavy atom. The van der Waals surface area contributed by atoms with E-state index < -0.39 is 47.1 Å². The third-order valence-corrected chi connectivity index (χ3v) is 4.30. The summed E-state index contributed by atoms with van der Waals surface area (Å²) in [7, 11) is 0. The van der Waals surface area contributed by atoms with Crippen molar-refractivity contribution in [2.75, 3.05) is 16.8 Å². The van der Waals surface area contributed by atoms with Gasteiger partial charge in [0.05, 0.1) is 23.4 Å². The molecule has 160 valence electrons. The second kappa shape index (κ2) is 7.54. The molecule has 0 spiro atoms. The number of amides is 2. The molecule has 2 aromatic rings. The lowest BCUT2D eigenvalue weighted by Gasteiger charge is -2.33. The minimum Gasteiger partial charge on any atom is -0.476 e. The Morgan fingerprint density at radius 1 is 1.00 bits per heavy atom. The van der Waals surface area contributed by atoms with Gasteiger partial charge in [-0.05, 0) is 30.3 Å². The summed E-state index contributed by atoms with van der Waals surface area (Å²) >= 11 is 0. The number of rotatable bonds is 2. The molecule has 1 atom stereocenters. The van der Waals surface area contributed by atoms with Crippen LogP contribution in [-0.2, 0) is 21.9 Å². The van der Waals surface area contributed by atoms with Crippen molar-refractivity contribution in [1.82, 2.24) is 0 Å². The quantitative estimate of drug-likeness (QED) is 0.713. The second-order valence-corrected chi connectivity index (χ2v) is 6.49. The number of hydrogen-bond donors (Lipinski definition) is 1. The van der Waals surface area contributed by atoms with Crippen molar-refractivity contribution in [3.63, 3.8) is 0 Å². The standard InChI is InChI=1S/C19H14F6N2O3/c1-10(28)27-9-16(30-15-5-3-2-4-14(15)27)17(29)26-13-7-11(18(20,21)22)6-12(8-13)19(23,24)25/h2-8,16H,9H2,1H3,(H,26,29)/t16-/m1/s1. The van der Waals surface area contributed by atoms with E-state index in [9.17, 15) is 35.9 Å². The Morgan fingerprint density at radius 2 is 1.57 bits per heavy atom. The van der Waals surface area contributed by atoms with Gasteiger partial charge in [-0.15, -0.1) is 0 Å². The highest BCUT2D eigenvalue weighted by Crippen LogP contribution is 2.38. The molecule has 1 N–H and O–H groups in total. The van der Waals surface area contributed by atoms with Crippen LogP contribution in [0, 0.1) is 0 Å². The number of ether oxygens (including phenoxy) is 1. The molecule has 0 aliphatic carbocycles. The van der Waals surface area contributed by atoms with E-state index in [0.29, 0.717) is 17.8 Å². The van der Waals surface area contributed by atoms with Crippen molar-refractivity contribution in [3.05, 3.63) is 53.6 Å². The number of anilines is 2. The van der Waals surface area contributed by atoms with Crippen LogP contribution in [0.2, 0.25) is 0 Å². The Hall–Kier alpha value is -3.24. The molecule has 2 aromatic carbocycles. The van der Waals surface area contributed by atoms with Crippen molar-refractivity contribution in [3.8, 4) is 5.75 Å². The van der Waals surface area contributed by atoms with Gasteiger partial charge < -0.3 is 15.0 Å². The topological polar surface area (TPSA) is 58.6 Å². The van der Waals surface area contributed by atoms with Gasteiger partial charge in [0.25, 0.3) is 5.91 Å². The van der Waals surface area contributed by atoms with E-state index in [0.717, 1.165) is 0 Å². The number of hydrogen-bond acceptors (Lipinski definition) is 3. The van der Waals surface area contributed by atoms with Crippen molar-refractivity contribution in [2.24, 2.45) is 0 Å². The zero-order valence-electron chi connectivity index (χ0n) is 15.3. The largest absolute Gasteiger partial charge is 0.476 e. The van der Waals surface area contributed by atoms with Crippen LogP contribution in [0.4, 0.5) is 37.7 Å². The molecular formula is C19H14F6N2O3. The van der Waals surface area contributed by atoms with Crippen molar-refractivity contribution in [1.29, 1.82) is 0 Å². The Balaban J connectivity index is 1.90. The van der Waals surface area contributed by atoms with Crippen LogP contribution in [0.1, 0.15) is 18.1 Å². The summed E-state index contributed by atoms with van der Waals surface area (Å²) in [6.45, 7) is 0.989. The number of fused-ring (bicyclic) bond motifs is 1. The summed E-state index contributed by atoms with van der Waals surface area (Å²) in [6.07, 6.45) is -11.4. The van der Waals surface area contributed by atoms with Crippen LogP contribution in [0.5, 0.6) is 5.75 Å². The van der Waals surface area contributed by atoms with Gasteiger partial charge in [-0.25, -0.2) is 0 Å². The van der Waals surface area contributed by atoms with Gasteiger partial charge in [0.2, 0.25) is 5.91 Å². The molecule has 0 unspecified atom stereocenters. The van der Waals surface area contributed by atoms with Crippen LogP contribution >= 0.6 is 0 Å². The lowest BCUT2D eigenvalue weighted by atomic mass is 10.1. The van der Waals surface area contributed by atoms with E-state index in [1.54, 1.807) is 18.2 Å². The maximum Gasteiger partial charge on any atom is 0.416 e. The van der Waals surface area contributed by atoms with Crippen LogP contribution in [0.25, 0.3) is 0 Å². The van der Waals surface area contributed by atoms with Gasteiger partial charge in [-0.3, -0.25) is 9.59 Å². The first-order valence-corrected chi connectivity index (χ1v) is 8.50. The minimum atomic E-state index is -5.05. The van der Waals surface area contributed by atoms with Crippen LogP contribution in [0.3, 0.4) is 0 Å². The van der Waals surface area contributed by atoms with Crippen LogP contribution in [0.15, 0.2) is 42.5 Å². The van der Waals surface area contributed by atoms with E-state index in [2.05, 4.69) is 0 Å². The fourth-order valence-corrected chi connectivity index (χ4v) is 2.92. The molecule has 1 heterocycles. The number of nitrogens with one attached hydrogen (secondary N) is 1. The Labute approximate surface area is 166 Å². The lowest BCUT2D eigenvalue weighted by molar-refractivity contribution is -0.143. The molecule has 0 fully saturated rings. The van der Waals surface area contributed by atoms with Gasteiger partial charge in [0.1, 0.15) is 5.75 Å². The number of carbonyl (C=O) groups is 2. The van der Waals surface area contributed by atoms with E-state index in [-0.39, 0.29) is 18.4 Å². The maximum atomic E-state index is 13.0. The highest BCUT2D eigenvalue weighted by Gasteiger charge is 2.38. The van der Waals surface area contributed by atoms with E-state index in [4.69, 9.17) is 4.74 Å². The molecule has 1 aliphatic rings. The van der Waals surface area contributed by atoms with Crippen molar-refractivity contribution >= 4 is 23.2 Å². The molecule has 5 nitrogen and oxygen atoms in total. The predicted octanol–water partition coefficient (Wildman–Crippen LogP) is 4.48. The first-order valence-electron chi connectivity index (χ1n) is 8.50. The number of nitrogens with zero attached hydrogens (tertiary/aromatic N) is 1. The zero-order valence-corrected chi connectivity index (χ0v) is 15.3. The number of halogens is 6. The summed E-state index contributed by atoms with van der Waals surface area (Å²) in [5, 5.41) is 2.03. The first kappa shape index (κ1) is 21.5. The van der Waals surface area contributed by atoms with Gasteiger partial charge in [0, 0.05) is 12.6 Å². The maximum absolute atomic E-state index is 13.0. The number of carbonyl (C=O) groups excluding carboxylic acids is 2. The molecular weight excluding hydrogens is 418 g/mol. The molecule has 30 heavy (non-hydrogen) atoms.